The van der Waals surface area contributed by atoms with Gasteiger partial charge in [-0.1, -0.05) is 62.9 Å². The van der Waals surface area contributed by atoms with Crippen molar-refractivity contribution in [2.24, 2.45) is 5.92 Å². The Balaban J connectivity index is 1.41. The Morgan fingerprint density at radius 2 is 1.68 bits per heavy atom. The van der Waals surface area contributed by atoms with Crippen LogP contribution in [0.3, 0.4) is 0 Å². The van der Waals surface area contributed by atoms with Gasteiger partial charge in [0.1, 0.15) is 0 Å². The minimum Gasteiger partial charge on any atom is -0.353 e. The second-order valence-electron chi connectivity index (χ2n) is 8.08. The van der Waals surface area contributed by atoms with Crippen LogP contribution in [0.5, 0.6) is 0 Å². The monoisotopic (exact) mass is 342 g/mol. The summed E-state index contributed by atoms with van der Waals surface area (Å²) in [5, 5.41) is 3.35. The highest BCUT2D eigenvalue weighted by molar-refractivity contribution is 5.79. The molecule has 1 aromatic carbocycles. The fourth-order valence-corrected chi connectivity index (χ4v) is 4.39. The molecule has 3 nitrogen and oxygen atoms in total. The van der Waals surface area contributed by atoms with Crippen LogP contribution in [-0.2, 0) is 4.79 Å². The molecule has 1 aromatic rings. The van der Waals surface area contributed by atoms with Gasteiger partial charge in [0.25, 0.3) is 0 Å². The van der Waals surface area contributed by atoms with Crippen molar-refractivity contribution in [1.29, 1.82) is 0 Å². The molecule has 1 atom stereocenters. The van der Waals surface area contributed by atoms with Crippen molar-refractivity contribution in [2.75, 3.05) is 19.6 Å². The first-order valence-corrected chi connectivity index (χ1v) is 10.3. The van der Waals surface area contributed by atoms with Gasteiger partial charge in [0.15, 0.2) is 0 Å². The van der Waals surface area contributed by atoms with Crippen LogP contribution in [0.25, 0.3) is 0 Å². The van der Waals surface area contributed by atoms with Crippen molar-refractivity contribution in [2.45, 2.75) is 70.3 Å². The number of rotatable bonds is 5. The summed E-state index contributed by atoms with van der Waals surface area (Å²) in [4.78, 5) is 15.1. The van der Waals surface area contributed by atoms with E-state index >= 15 is 0 Å². The van der Waals surface area contributed by atoms with Crippen molar-refractivity contribution < 1.29 is 4.79 Å². The molecule has 3 heteroatoms. The molecule has 0 bridgehead atoms. The third kappa shape index (κ3) is 5.57. The minimum absolute atomic E-state index is 0.228. The molecule has 1 aliphatic carbocycles. The van der Waals surface area contributed by atoms with Gasteiger partial charge < -0.3 is 10.2 Å². The van der Waals surface area contributed by atoms with E-state index in [4.69, 9.17) is 0 Å². The highest BCUT2D eigenvalue weighted by atomic mass is 16.1. The molecule has 1 amide bonds. The van der Waals surface area contributed by atoms with Crippen LogP contribution in [0.4, 0.5) is 0 Å². The first-order chi connectivity index (χ1) is 12.2. The number of carbonyl (C=O) groups is 1. The van der Waals surface area contributed by atoms with Crippen molar-refractivity contribution in [3.63, 3.8) is 0 Å². The molecule has 25 heavy (non-hydrogen) atoms. The van der Waals surface area contributed by atoms with Gasteiger partial charge in [-0.15, -0.1) is 0 Å². The third-order valence-electron chi connectivity index (χ3n) is 6.06. The van der Waals surface area contributed by atoms with E-state index in [2.05, 4.69) is 47.5 Å². The van der Waals surface area contributed by atoms with Crippen molar-refractivity contribution in [3.05, 3.63) is 35.9 Å². The molecule has 2 fully saturated rings. The van der Waals surface area contributed by atoms with Crippen molar-refractivity contribution >= 4 is 5.91 Å². The lowest BCUT2D eigenvalue weighted by atomic mass is 9.93. The maximum absolute atomic E-state index is 12.6. The van der Waals surface area contributed by atoms with Crippen LogP contribution < -0.4 is 5.32 Å². The summed E-state index contributed by atoms with van der Waals surface area (Å²) < 4.78 is 0. The van der Waals surface area contributed by atoms with E-state index in [0.717, 1.165) is 32.5 Å². The molecule has 1 heterocycles. The molecular formula is C22H34N2O. The fraction of sp³-hybridized carbons (Fsp3) is 0.682. The number of hydrogen-bond donors (Lipinski definition) is 1. The first kappa shape index (κ1) is 18.4. The number of benzene rings is 1. The average Bonchev–Trinajstić information content (AvgIpc) is 2.91. The van der Waals surface area contributed by atoms with E-state index in [-0.39, 0.29) is 5.92 Å². The molecule has 138 valence electrons. The summed E-state index contributed by atoms with van der Waals surface area (Å²) in [6, 6.07) is 11.2. The van der Waals surface area contributed by atoms with E-state index in [1.165, 1.54) is 44.1 Å². The van der Waals surface area contributed by atoms with Crippen LogP contribution in [0, 0.1) is 5.92 Å². The normalized spacial score (nSPS) is 22.3. The van der Waals surface area contributed by atoms with Crippen LogP contribution in [0.15, 0.2) is 30.3 Å². The Hall–Kier alpha value is -1.35. The van der Waals surface area contributed by atoms with Gasteiger partial charge in [-0.05, 0) is 50.3 Å². The summed E-state index contributed by atoms with van der Waals surface area (Å²) in [6.45, 7) is 5.51. The molecule has 1 saturated carbocycles. The molecule has 0 radical (unpaired) electrons. The van der Waals surface area contributed by atoms with Crippen molar-refractivity contribution in [3.8, 4) is 0 Å². The highest BCUT2D eigenvalue weighted by Gasteiger charge is 2.27. The Morgan fingerprint density at radius 1 is 1.04 bits per heavy atom. The number of piperidine rings is 1. The average molecular weight is 343 g/mol. The minimum atomic E-state index is 0.228. The molecular weight excluding hydrogens is 308 g/mol. The summed E-state index contributed by atoms with van der Waals surface area (Å²) in [7, 11) is 0. The Labute approximate surface area is 153 Å². The van der Waals surface area contributed by atoms with Crippen LogP contribution in [0.2, 0.25) is 0 Å². The molecule has 0 spiro atoms. The molecule has 2 aliphatic rings. The van der Waals surface area contributed by atoms with E-state index < -0.39 is 0 Å². The van der Waals surface area contributed by atoms with Gasteiger partial charge in [0.2, 0.25) is 5.91 Å². The molecule has 1 N–H and O–H groups in total. The van der Waals surface area contributed by atoms with E-state index in [0.29, 0.717) is 17.9 Å². The Kier molecular flexibility index (Phi) is 6.92. The second-order valence-corrected chi connectivity index (χ2v) is 8.08. The van der Waals surface area contributed by atoms with E-state index in [9.17, 15) is 4.79 Å². The predicted octanol–water partition coefficient (Wildman–Crippen LogP) is 4.34. The number of amides is 1. The largest absolute Gasteiger partial charge is 0.353 e. The van der Waals surface area contributed by atoms with Crippen LogP contribution in [0.1, 0.15) is 69.8 Å². The zero-order chi connectivity index (χ0) is 17.5. The molecule has 3 rings (SSSR count). The van der Waals surface area contributed by atoms with E-state index in [1.54, 1.807) is 0 Å². The zero-order valence-corrected chi connectivity index (χ0v) is 15.8. The van der Waals surface area contributed by atoms with Gasteiger partial charge in [-0.25, -0.2) is 0 Å². The topological polar surface area (TPSA) is 32.3 Å². The van der Waals surface area contributed by atoms with E-state index in [1.807, 2.05) is 0 Å². The highest BCUT2D eigenvalue weighted by Crippen LogP contribution is 2.23. The summed E-state index contributed by atoms with van der Waals surface area (Å²) in [6.07, 6.45) is 9.62. The third-order valence-corrected chi connectivity index (χ3v) is 6.06. The van der Waals surface area contributed by atoms with Gasteiger partial charge >= 0.3 is 0 Å². The van der Waals surface area contributed by atoms with Crippen LogP contribution in [-0.4, -0.2) is 36.5 Å². The van der Waals surface area contributed by atoms with Crippen LogP contribution >= 0.6 is 0 Å². The maximum atomic E-state index is 12.6. The summed E-state index contributed by atoms with van der Waals surface area (Å²) in [5.74, 6) is 1.10. The molecule has 0 aromatic heterocycles. The molecule has 1 unspecified atom stereocenters. The fourth-order valence-electron chi connectivity index (χ4n) is 4.39. The first-order valence-electron chi connectivity index (χ1n) is 10.3. The van der Waals surface area contributed by atoms with Gasteiger partial charge in [0, 0.05) is 18.5 Å². The Morgan fingerprint density at radius 3 is 2.32 bits per heavy atom. The summed E-state index contributed by atoms with van der Waals surface area (Å²) >= 11 is 0. The SMILES string of the molecule is CC(CN1CCC(C(=O)NC2CCCCCC2)CC1)c1ccccc1. The second kappa shape index (κ2) is 9.38. The molecule has 1 saturated heterocycles. The lowest BCUT2D eigenvalue weighted by Crippen LogP contribution is -2.44. The smallest absolute Gasteiger partial charge is 0.223 e. The maximum Gasteiger partial charge on any atom is 0.223 e. The lowest BCUT2D eigenvalue weighted by molar-refractivity contribution is -0.127. The number of nitrogens with one attached hydrogen (secondary N) is 1. The van der Waals surface area contributed by atoms with Gasteiger partial charge in [0.05, 0.1) is 0 Å². The molecule has 1 aliphatic heterocycles. The predicted molar refractivity (Wildman–Crippen MR) is 104 cm³/mol. The van der Waals surface area contributed by atoms with Gasteiger partial charge in [-0.2, -0.15) is 0 Å². The number of hydrogen-bond acceptors (Lipinski definition) is 2. The quantitative estimate of drug-likeness (QED) is 0.807. The number of nitrogens with zero attached hydrogens (tertiary/aromatic N) is 1. The summed E-state index contributed by atoms with van der Waals surface area (Å²) in [5.41, 5.74) is 1.41. The van der Waals surface area contributed by atoms with Crippen molar-refractivity contribution in [1.82, 2.24) is 10.2 Å². The zero-order valence-electron chi connectivity index (χ0n) is 15.8. The standard InChI is InChI=1S/C22H34N2O/c1-18(19-9-5-4-6-10-19)17-24-15-13-20(14-16-24)22(25)23-21-11-7-2-3-8-12-21/h4-6,9-10,18,20-21H,2-3,7-8,11-17H2,1H3,(H,23,25). The van der Waals surface area contributed by atoms with Gasteiger partial charge in [-0.3, -0.25) is 4.79 Å². The Bertz CT molecular complexity index is 514. The number of likely N-dealkylation sites (tertiary alicyclic amines) is 1. The lowest BCUT2D eigenvalue weighted by Gasteiger charge is -2.33. The number of carbonyl (C=O) groups excluding carboxylic acids is 1.